The van der Waals surface area contributed by atoms with Crippen molar-refractivity contribution in [3.05, 3.63) is 116 Å². The van der Waals surface area contributed by atoms with Gasteiger partial charge >= 0.3 is 0 Å². The van der Waals surface area contributed by atoms with Gasteiger partial charge in [-0.05, 0) is 82.4 Å². The molecule has 1 amide bonds. The Morgan fingerprint density at radius 1 is 0.800 bits per heavy atom. The van der Waals surface area contributed by atoms with Crippen LogP contribution in [-0.2, 0) is 31.3 Å². The summed E-state index contributed by atoms with van der Waals surface area (Å²) in [7, 11) is 1.56. The van der Waals surface area contributed by atoms with Crippen molar-refractivity contribution in [2.24, 2.45) is 5.16 Å². The average Bonchev–Trinajstić information content (AvgIpc) is 3.65. The highest BCUT2D eigenvalue weighted by molar-refractivity contribution is 6.31. The summed E-state index contributed by atoms with van der Waals surface area (Å²) in [5.74, 6) is 1.38. The number of ether oxygens (including phenoxy) is 3. The number of halogens is 1. The molecule has 4 aromatic carbocycles. The number of fused-ring (bicyclic) bond motifs is 1. The number of oxime groups is 1. The van der Waals surface area contributed by atoms with E-state index >= 15 is 0 Å². The van der Waals surface area contributed by atoms with Crippen molar-refractivity contribution >= 4 is 28.9 Å². The third-order valence-electron chi connectivity index (χ3n) is 8.69. The van der Waals surface area contributed by atoms with E-state index in [0.29, 0.717) is 93.1 Å². The molecule has 2 aliphatic rings. The van der Waals surface area contributed by atoms with Crippen molar-refractivity contribution in [1.82, 2.24) is 5.32 Å². The van der Waals surface area contributed by atoms with Gasteiger partial charge in [0, 0.05) is 34.7 Å². The highest BCUT2D eigenvalue weighted by Crippen LogP contribution is 2.37. The number of nitrogens with zero attached hydrogens (tertiary/aromatic N) is 1. The molecule has 0 saturated heterocycles. The largest absolute Gasteiger partial charge is 0.493 e. The predicted molar refractivity (Wildman–Crippen MR) is 185 cm³/mol. The first-order chi connectivity index (χ1) is 24.3. The fourth-order valence-electron chi connectivity index (χ4n) is 6.05. The van der Waals surface area contributed by atoms with Gasteiger partial charge in [-0.2, -0.15) is 0 Å². The first-order valence-corrected chi connectivity index (χ1v) is 16.5. The SMILES string of the molecule is COc1ccc(C2CC(c3cc(CO)c(CO)c(CO)c3)=NO2)cc1OCCCOc1ccc(C2NC(=O)c3cc(Cl)ccc3N2)cc1CO. The van der Waals surface area contributed by atoms with E-state index in [1.165, 1.54) is 0 Å². The Morgan fingerprint density at radius 2 is 1.50 bits per heavy atom. The first kappa shape index (κ1) is 35.0. The topological polar surface area (TPSA) is 171 Å². The zero-order valence-corrected chi connectivity index (χ0v) is 28.1. The van der Waals surface area contributed by atoms with Crippen LogP contribution in [0.5, 0.6) is 17.2 Å². The zero-order chi connectivity index (χ0) is 35.2. The van der Waals surface area contributed by atoms with E-state index in [2.05, 4.69) is 15.8 Å². The van der Waals surface area contributed by atoms with E-state index in [4.69, 9.17) is 30.6 Å². The second-order valence-corrected chi connectivity index (χ2v) is 12.2. The summed E-state index contributed by atoms with van der Waals surface area (Å²) in [4.78, 5) is 18.4. The molecule has 6 N–H and O–H groups in total. The van der Waals surface area contributed by atoms with E-state index in [9.17, 15) is 25.2 Å². The molecule has 0 fully saturated rings. The predicted octanol–water partition coefficient (Wildman–Crippen LogP) is 4.89. The summed E-state index contributed by atoms with van der Waals surface area (Å²) in [6.45, 7) is -0.443. The molecule has 12 nitrogen and oxygen atoms in total. The van der Waals surface area contributed by atoms with Gasteiger partial charge in [0.1, 0.15) is 11.9 Å². The molecular weight excluding hydrogens is 666 g/mol. The fourth-order valence-corrected chi connectivity index (χ4v) is 6.22. The number of carbonyl (C=O) groups is 1. The lowest BCUT2D eigenvalue weighted by Gasteiger charge is -2.28. The quantitative estimate of drug-likeness (QED) is 0.0995. The smallest absolute Gasteiger partial charge is 0.255 e. The maximum atomic E-state index is 12.7. The number of aliphatic hydroxyl groups excluding tert-OH is 4. The molecule has 2 unspecified atom stereocenters. The Hall–Kier alpha value is -4.85. The van der Waals surface area contributed by atoms with Crippen LogP contribution in [0.2, 0.25) is 5.02 Å². The minimum Gasteiger partial charge on any atom is -0.493 e. The van der Waals surface area contributed by atoms with E-state index in [0.717, 1.165) is 11.1 Å². The minimum absolute atomic E-state index is 0.243. The number of carbonyl (C=O) groups excluding carboxylic acids is 1. The van der Waals surface area contributed by atoms with Gasteiger partial charge in [-0.1, -0.05) is 28.9 Å². The zero-order valence-electron chi connectivity index (χ0n) is 27.3. The summed E-state index contributed by atoms with van der Waals surface area (Å²) in [5, 5.41) is 50.3. The molecule has 2 heterocycles. The molecule has 4 aromatic rings. The van der Waals surface area contributed by atoms with E-state index < -0.39 is 6.17 Å². The van der Waals surface area contributed by atoms with Crippen molar-refractivity contribution in [2.75, 3.05) is 25.6 Å². The second kappa shape index (κ2) is 15.8. The van der Waals surface area contributed by atoms with Crippen molar-refractivity contribution in [2.45, 2.75) is 51.5 Å². The number of methoxy groups -OCH3 is 1. The van der Waals surface area contributed by atoms with E-state index in [1.54, 1.807) is 55.6 Å². The average molecular weight is 704 g/mol. The van der Waals surface area contributed by atoms with Gasteiger partial charge in [-0.25, -0.2) is 0 Å². The molecule has 0 spiro atoms. The summed E-state index contributed by atoms with van der Waals surface area (Å²) in [6, 6.07) is 19.5. The van der Waals surface area contributed by atoms with Crippen LogP contribution >= 0.6 is 11.6 Å². The summed E-state index contributed by atoms with van der Waals surface area (Å²) < 4.78 is 17.6. The number of anilines is 1. The lowest BCUT2D eigenvalue weighted by molar-refractivity contribution is 0.0854. The Labute approximate surface area is 293 Å². The molecule has 0 saturated carbocycles. The Balaban J connectivity index is 1.04. The monoisotopic (exact) mass is 703 g/mol. The number of nitrogens with one attached hydrogen (secondary N) is 2. The molecule has 2 aliphatic heterocycles. The minimum atomic E-state index is -0.487. The van der Waals surface area contributed by atoms with Crippen LogP contribution < -0.4 is 24.8 Å². The lowest BCUT2D eigenvalue weighted by atomic mass is 9.94. The summed E-state index contributed by atoms with van der Waals surface area (Å²) in [5.41, 5.74) is 6.23. The molecule has 0 radical (unpaired) electrons. The van der Waals surface area contributed by atoms with Crippen LogP contribution in [0.15, 0.2) is 71.9 Å². The first-order valence-electron chi connectivity index (χ1n) is 16.1. The lowest BCUT2D eigenvalue weighted by Crippen LogP contribution is -2.38. The van der Waals surface area contributed by atoms with Crippen molar-refractivity contribution in [3.8, 4) is 17.2 Å². The van der Waals surface area contributed by atoms with Crippen LogP contribution in [0.1, 0.15) is 74.4 Å². The molecule has 6 rings (SSSR count). The van der Waals surface area contributed by atoms with Gasteiger partial charge in [0.2, 0.25) is 0 Å². The fraction of sp³-hybridized carbons (Fsp3) is 0.297. The third kappa shape index (κ3) is 7.49. The standard InChI is InChI=1S/C37H38ClN3O9/c1-47-33-8-3-21(34-16-31(41-50-34)23-12-24(17-42)29(20-45)25(13-23)18-43)14-35(33)49-10-2-9-48-32-7-4-22(11-26(32)19-44)36-39-30-6-5-27(38)15-28(30)37(46)40-36/h3-8,11-15,34,36,39,42-45H,2,9-10,16-20H2,1H3,(H,40,46). The molecule has 2 atom stereocenters. The van der Waals surface area contributed by atoms with Crippen molar-refractivity contribution in [3.63, 3.8) is 0 Å². The van der Waals surface area contributed by atoms with Crippen molar-refractivity contribution < 1.29 is 44.3 Å². The number of rotatable bonds is 14. The maximum Gasteiger partial charge on any atom is 0.255 e. The maximum absolute atomic E-state index is 12.7. The van der Waals surface area contributed by atoms with E-state index in [-0.39, 0.29) is 38.4 Å². The number of aliphatic hydroxyl groups is 4. The number of benzene rings is 4. The second-order valence-electron chi connectivity index (χ2n) is 11.8. The van der Waals surface area contributed by atoms with Gasteiger partial charge in [0.25, 0.3) is 5.91 Å². The van der Waals surface area contributed by atoms with Crippen LogP contribution in [0.4, 0.5) is 5.69 Å². The molecule has 0 aliphatic carbocycles. The highest BCUT2D eigenvalue weighted by Gasteiger charge is 2.27. The van der Waals surface area contributed by atoms with E-state index in [1.807, 2.05) is 18.2 Å². The van der Waals surface area contributed by atoms with Crippen LogP contribution in [-0.4, -0.2) is 52.4 Å². The van der Waals surface area contributed by atoms with Gasteiger partial charge in [-0.3, -0.25) is 4.79 Å². The van der Waals surface area contributed by atoms with Gasteiger partial charge in [0.05, 0.1) is 58.0 Å². The number of hydrogen-bond acceptors (Lipinski definition) is 11. The molecular formula is C37H38ClN3O9. The molecule has 262 valence electrons. The van der Waals surface area contributed by atoms with Gasteiger partial charge in [0.15, 0.2) is 17.6 Å². The molecule has 0 bridgehead atoms. The highest BCUT2D eigenvalue weighted by atomic mass is 35.5. The molecule has 50 heavy (non-hydrogen) atoms. The third-order valence-corrected chi connectivity index (χ3v) is 8.92. The van der Waals surface area contributed by atoms with Crippen LogP contribution in [0.25, 0.3) is 0 Å². The Bertz CT molecular complexity index is 1880. The number of amides is 1. The van der Waals surface area contributed by atoms with Gasteiger partial charge < -0.3 is 50.1 Å². The van der Waals surface area contributed by atoms with Gasteiger partial charge in [-0.15, -0.1) is 0 Å². The Morgan fingerprint density at radius 3 is 2.20 bits per heavy atom. The molecule has 0 aromatic heterocycles. The number of hydrogen-bond donors (Lipinski definition) is 6. The van der Waals surface area contributed by atoms with Crippen molar-refractivity contribution in [1.29, 1.82) is 0 Å². The van der Waals surface area contributed by atoms with Crippen LogP contribution in [0.3, 0.4) is 0 Å². The Kier molecular flexibility index (Phi) is 11.1. The molecule has 13 heteroatoms. The normalized spacial score (nSPS) is 16.5. The summed E-state index contributed by atoms with van der Waals surface area (Å²) >= 11 is 6.05. The summed E-state index contributed by atoms with van der Waals surface area (Å²) in [6.07, 6.45) is 0.112. The van der Waals surface area contributed by atoms with Crippen LogP contribution in [0, 0.1) is 0 Å².